The summed E-state index contributed by atoms with van der Waals surface area (Å²) in [7, 11) is 0. The van der Waals surface area contributed by atoms with Crippen LogP contribution in [-0.4, -0.2) is 29.4 Å². The molecule has 2 amide bonds. The highest BCUT2D eigenvalue weighted by atomic mass is 35.5. The molecule has 0 saturated carbocycles. The molecule has 8 heteroatoms. The minimum atomic E-state index is -0.0989. The minimum absolute atomic E-state index is 0. The van der Waals surface area contributed by atoms with Gasteiger partial charge in [0.2, 0.25) is 11.8 Å². The summed E-state index contributed by atoms with van der Waals surface area (Å²) in [5.41, 5.74) is 2.50. The first-order chi connectivity index (χ1) is 11.6. The first kappa shape index (κ1) is 19.4. The molecule has 1 fully saturated rings. The maximum absolute atomic E-state index is 12.0. The monoisotopic (exact) mass is 380 g/mol. The van der Waals surface area contributed by atoms with Gasteiger partial charge in [0.05, 0.1) is 5.69 Å². The predicted molar refractivity (Wildman–Crippen MR) is 103 cm³/mol. The molecule has 1 aliphatic heterocycles. The fraction of sp³-hybridized carbons (Fsp3) is 0.353. The number of carbonyl (C=O) groups is 2. The van der Waals surface area contributed by atoms with Gasteiger partial charge in [-0.2, -0.15) is 0 Å². The van der Waals surface area contributed by atoms with Crippen LogP contribution >= 0.6 is 23.7 Å². The van der Waals surface area contributed by atoms with Crippen molar-refractivity contribution < 1.29 is 9.59 Å². The number of halogens is 1. The van der Waals surface area contributed by atoms with Crippen molar-refractivity contribution in [2.45, 2.75) is 32.2 Å². The largest absolute Gasteiger partial charge is 0.326 e. The van der Waals surface area contributed by atoms with Gasteiger partial charge in [0.15, 0.2) is 5.13 Å². The summed E-state index contributed by atoms with van der Waals surface area (Å²) in [6.45, 7) is 2.47. The van der Waals surface area contributed by atoms with E-state index in [-0.39, 0.29) is 30.3 Å². The van der Waals surface area contributed by atoms with Crippen LogP contribution in [0.3, 0.4) is 0 Å². The molecule has 1 aliphatic rings. The number of nitrogens with one attached hydrogen (secondary N) is 3. The maximum Gasteiger partial charge on any atom is 0.227 e. The molecule has 0 aliphatic carbocycles. The van der Waals surface area contributed by atoms with Gasteiger partial charge in [0.25, 0.3) is 0 Å². The highest BCUT2D eigenvalue weighted by Crippen LogP contribution is 2.26. The first-order valence-electron chi connectivity index (χ1n) is 7.97. The Morgan fingerprint density at radius 3 is 2.68 bits per heavy atom. The van der Waals surface area contributed by atoms with E-state index in [2.05, 4.69) is 20.9 Å². The smallest absolute Gasteiger partial charge is 0.227 e. The van der Waals surface area contributed by atoms with E-state index in [1.54, 1.807) is 0 Å². The second-order valence-corrected chi connectivity index (χ2v) is 6.70. The summed E-state index contributed by atoms with van der Waals surface area (Å²) in [5, 5.41) is 11.4. The van der Waals surface area contributed by atoms with Crippen LogP contribution in [0.4, 0.5) is 10.8 Å². The van der Waals surface area contributed by atoms with Crippen LogP contribution in [0, 0.1) is 0 Å². The van der Waals surface area contributed by atoms with Gasteiger partial charge in [0, 0.05) is 36.0 Å². The maximum atomic E-state index is 12.0. The summed E-state index contributed by atoms with van der Waals surface area (Å²) in [4.78, 5) is 27.5. The Kier molecular flexibility index (Phi) is 6.92. The van der Waals surface area contributed by atoms with Gasteiger partial charge in [-0.15, -0.1) is 23.7 Å². The predicted octanol–water partition coefficient (Wildman–Crippen LogP) is 3.27. The van der Waals surface area contributed by atoms with Gasteiger partial charge >= 0.3 is 0 Å². The Bertz CT molecular complexity index is 727. The van der Waals surface area contributed by atoms with Crippen LogP contribution in [0.25, 0.3) is 11.3 Å². The van der Waals surface area contributed by atoms with Crippen molar-refractivity contribution in [3.63, 3.8) is 0 Å². The summed E-state index contributed by atoms with van der Waals surface area (Å²) in [6.07, 6.45) is 2.67. The fourth-order valence-corrected chi connectivity index (χ4v) is 3.45. The topological polar surface area (TPSA) is 83.1 Å². The van der Waals surface area contributed by atoms with Gasteiger partial charge in [0.1, 0.15) is 0 Å². The number of hydrogen-bond donors (Lipinski definition) is 3. The zero-order valence-electron chi connectivity index (χ0n) is 13.9. The number of amides is 2. The molecule has 134 valence electrons. The van der Waals surface area contributed by atoms with Crippen molar-refractivity contribution in [1.82, 2.24) is 10.3 Å². The average molecular weight is 381 g/mol. The van der Waals surface area contributed by atoms with Crippen molar-refractivity contribution in [2.24, 2.45) is 0 Å². The molecule has 2 heterocycles. The standard InChI is InChI=1S/C17H20N4O2S.ClH/c1-11(22)19-13-6-4-12(5-7-13)15-10-24-17(20-15)21-16(23)9-14-3-2-8-18-14;/h4-7,10,14,18H,2-3,8-9H2,1H3,(H,19,22)(H,20,21,23);1H. The molecule has 1 aromatic carbocycles. The number of thiazole rings is 1. The highest BCUT2D eigenvalue weighted by Gasteiger charge is 2.18. The van der Waals surface area contributed by atoms with Crippen LogP contribution in [0.1, 0.15) is 26.2 Å². The van der Waals surface area contributed by atoms with Crippen molar-refractivity contribution in [3.05, 3.63) is 29.6 Å². The quantitative estimate of drug-likeness (QED) is 0.743. The van der Waals surface area contributed by atoms with Crippen LogP contribution in [0.2, 0.25) is 0 Å². The zero-order valence-corrected chi connectivity index (χ0v) is 15.5. The molecule has 0 bridgehead atoms. The van der Waals surface area contributed by atoms with Crippen molar-refractivity contribution in [2.75, 3.05) is 17.2 Å². The third-order valence-corrected chi connectivity index (χ3v) is 4.60. The van der Waals surface area contributed by atoms with Crippen LogP contribution in [0.5, 0.6) is 0 Å². The van der Waals surface area contributed by atoms with E-state index in [4.69, 9.17) is 0 Å². The fourth-order valence-electron chi connectivity index (χ4n) is 2.72. The summed E-state index contributed by atoms with van der Waals surface area (Å²) in [6, 6.07) is 7.74. The lowest BCUT2D eigenvalue weighted by atomic mass is 10.1. The molecule has 2 aromatic rings. The lowest BCUT2D eigenvalue weighted by molar-refractivity contribution is -0.116. The molecule has 0 spiro atoms. The van der Waals surface area contributed by atoms with Gasteiger partial charge in [-0.3, -0.25) is 9.59 Å². The van der Waals surface area contributed by atoms with Crippen molar-refractivity contribution in [3.8, 4) is 11.3 Å². The van der Waals surface area contributed by atoms with Crippen LogP contribution < -0.4 is 16.0 Å². The molecule has 25 heavy (non-hydrogen) atoms. The van der Waals surface area contributed by atoms with E-state index >= 15 is 0 Å². The Balaban J connectivity index is 0.00000225. The van der Waals surface area contributed by atoms with E-state index in [0.717, 1.165) is 36.3 Å². The van der Waals surface area contributed by atoms with Gasteiger partial charge in [-0.25, -0.2) is 4.98 Å². The third kappa shape index (κ3) is 5.52. The first-order valence-corrected chi connectivity index (χ1v) is 8.85. The number of hydrogen-bond acceptors (Lipinski definition) is 5. The number of benzene rings is 1. The van der Waals surface area contributed by atoms with E-state index in [0.29, 0.717) is 11.6 Å². The highest BCUT2D eigenvalue weighted by molar-refractivity contribution is 7.14. The number of nitrogens with zero attached hydrogens (tertiary/aromatic N) is 1. The second kappa shape index (κ2) is 8.94. The molecule has 1 unspecified atom stereocenters. The van der Waals surface area contributed by atoms with E-state index in [1.165, 1.54) is 18.3 Å². The molecule has 0 radical (unpaired) electrons. The molecule has 3 rings (SSSR count). The summed E-state index contributed by atoms with van der Waals surface area (Å²) >= 11 is 1.41. The molecule has 1 saturated heterocycles. The minimum Gasteiger partial charge on any atom is -0.326 e. The number of aromatic nitrogens is 1. The van der Waals surface area contributed by atoms with Gasteiger partial charge in [-0.05, 0) is 31.5 Å². The Labute approximate surface area is 156 Å². The van der Waals surface area contributed by atoms with E-state index < -0.39 is 0 Å². The second-order valence-electron chi connectivity index (χ2n) is 5.84. The molecule has 1 aromatic heterocycles. The molecular weight excluding hydrogens is 360 g/mol. The van der Waals surface area contributed by atoms with E-state index in [9.17, 15) is 9.59 Å². The number of carbonyl (C=O) groups excluding carboxylic acids is 2. The lowest BCUT2D eigenvalue weighted by Gasteiger charge is -2.08. The third-order valence-electron chi connectivity index (χ3n) is 3.85. The number of anilines is 2. The summed E-state index contributed by atoms with van der Waals surface area (Å²) < 4.78 is 0. The Hall–Kier alpha value is -1.96. The SMILES string of the molecule is CC(=O)Nc1ccc(-c2csc(NC(=O)CC3CCCN3)n2)cc1.Cl. The Morgan fingerprint density at radius 1 is 1.28 bits per heavy atom. The Morgan fingerprint density at radius 2 is 2.04 bits per heavy atom. The van der Waals surface area contributed by atoms with Crippen molar-refractivity contribution in [1.29, 1.82) is 0 Å². The molecule has 1 atom stereocenters. The van der Waals surface area contributed by atoms with E-state index in [1.807, 2.05) is 29.6 Å². The van der Waals surface area contributed by atoms with Gasteiger partial charge in [-0.1, -0.05) is 12.1 Å². The number of rotatable bonds is 5. The van der Waals surface area contributed by atoms with Crippen LogP contribution in [-0.2, 0) is 9.59 Å². The van der Waals surface area contributed by atoms with Crippen LogP contribution in [0.15, 0.2) is 29.6 Å². The van der Waals surface area contributed by atoms with Gasteiger partial charge < -0.3 is 16.0 Å². The lowest BCUT2D eigenvalue weighted by Crippen LogP contribution is -2.27. The molecule has 6 nitrogen and oxygen atoms in total. The molecule has 3 N–H and O–H groups in total. The normalized spacial score (nSPS) is 16.1. The summed E-state index contributed by atoms with van der Waals surface area (Å²) in [5.74, 6) is -0.102. The molecular formula is C17H21ClN4O2S. The van der Waals surface area contributed by atoms with Crippen molar-refractivity contribution >= 4 is 46.4 Å². The average Bonchev–Trinajstić information content (AvgIpc) is 3.19. The zero-order chi connectivity index (χ0) is 16.9.